The van der Waals surface area contributed by atoms with Gasteiger partial charge in [-0.05, 0) is 44.6 Å². The normalized spacial score (nSPS) is 27.9. The van der Waals surface area contributed by atoms with E-state index in [9.17, 15) is 0 Å². The maximum atomic E-state index is 9.14. The van der Waals surface area contributed by atoms with Crippen molar-refractivity contribution in [3.05, 3.63) is 0 Å². The highest BCUT2D eigenvalue weighted by Gasteiger charge is 2.43. The van der Waals surface area contributed by atoms with Gasteiger partial charge in [0.15, 0.2) is 0 Å². The van der Waals surface area contributed by atoms with Crippen LogP contribution in [0.1, 0.15) is 45.4 Å². The predicted molar refractivity (Wildman–Crippen MR) is 58.3 cm³/mol. The summed E-state index contributed by atoms with van der Waals surface area (Å²) in [5, 5.41) is 9.14. The van der Waals surface area contributed by atoms with Crippen molar-refractivity contribution >= 4 is 0 Å². The molecule has 1 aliphatic heterocycles. The quantitative estimate of drug-likeness (QED) is 0.745. The van der Waals surface area contributed by atoms with E-state index >= 15 is 0 Å². The van der Waals surface area contributed by atoms with Gasteiger partial charge < -0.3 is 10.0 Å². The lowest BCUT2D eigenvalue weighted by Gasteiger charge is -2.48. The molecule has 1 atom stereocenters. The van der Waals surface area contributed by atoms with Gasteiger partial charge in [0.25, 0.3) is 0 Å². The smallest absolute Gasteiger partial charge is 0.0512 e. The molecule has 0 amide bonds. The monoisotopic (exact) mass is 197 g/mol. The van der Waals surface area contributed by atoms with Gasteiger partial charge >= 0.3 is 0 Å². The van der Waals surface area contributed by atoms with Crippen molar-refractivity contribution < 1.29 is 5.11 Å². The minimum Gasteiger partial charge on any atom is -0.393 e. The Labute approximate surface area is 87.3 Å². The number of likely N-dealkylation sites (tertiary alicyclic amines) is 1. The predicted octanol–water partition coefficient (Wildman–Crippen LogP) is 2.02. The van der Waals surface area contributed by atoms with Gasteiger partial charge in [-0.3, -0.25) is 0 Å². The number of aliphatic hydroxyl groups is 1. The molecule has 2 rings (SSSR count). The molecule has 1 aliphatic carbocycles. The minimum atomic E-state index is -0.114. The molecule has 0 aromatic rings. The average Bonchev–Trinajstić information content (AvgIpc) is 2.51. The highest BCUT2D eigenvalue weighted by Crippen LogP contribution is 2.45. The summed E-state index contributed by atoms with van der Waals surface area (Å²) in [4.78, 5) is 2.56. The van der Waals surface area contributed by atoms with Crippen LogP contribution < -0.4 is 0 Å². The van der Waals surface area contributed by atoms with E-state index in [1.54, 1.807) is 0 Å². The molecule has 0 radical (unpaired) electrons. The van der Waals surface area contributed by atoms with Crippen LogP contribution in [0.15, 0.2) is 0 Å². The maximum Gasteiger partial charge on any atom is 0.0512 e. The fraction of sp³-hybridized carbons (Fsp3) is 1.00. The van der Waals surface area contributed by atoms with E-state index in [1.165, 1.54) is 45.3 Å². The zero-order valence-corrected chi connectivity index (χ0v) is 9.34. The summed E-state index contributed by atoms with van der Waals surface area (Å²) in [6.45, 7) is 5.76. The molecule has 1 saturated carbocycles. The molecule has 2 nitrogen and oxygen atoms in total. The molecule has 1 saturated heterocycles. The van der Waals surface area contributed by atoms with Crippen molar-refractivity contribution in [2.45, 2.75) is 51.6 Å². The Kier molecular flexibility index (Phi) is 3.13. The van der Waals surface area contributed by atoms with E-state index in [-0.39, 0.29) is 6.10 Å². The van der Waals surface area contributed by atoms with E-state index < -0.39 is 0 Å². The summed E-state index contributed by atoms with van der Waals surface area (Å²) < 4.78 is 0. The van der Waals surface area contributed by atoms with Crippen LogP contribution in [-0.4, -0.2) is 35.7 Å². The molecule has 0 aromatic heterocycles. The molecule has 14 heavy (non-hydrogen) atoms. The van der Waals surface area contributed by atoms with Gasteiger partial charge in [-0.2, -0.15) is 0 Å². The summed E-state index contributed by atoms with van der Waals surface area (Å²) in [6, 6.07) is 0. The molecule has 82 valence electrons. The number of hydrogen-bond donors (Lipinski definition) is 1. The maximum absolute atomic E-state index is 9.14. The Balaban J connectivity index is 1.58. The van der Waals surface area contributed by atoms with Crippen LogP contribution in [0.4, 0.5) is 0 Å². The van der Waals surface area contributed by atoms with Crippen LogP contribution in [0.3, 0.4) is 0 Å². The first kappa shape index (κ1) is 10.4. The van der Waals surface area contributed by atoms with Crippen LogP contribution in [0.25, 0.3) is 0 Å². The van der Waals surface area contributed by atoms with Crippen molar-refractivity contribution in [3.8, 4) is 0 Å². The molecule has 0 aromatic carbocycles. The molecule has 1 unspecified atom stereocenters. The number of nitrogens with zero attached hydrogens (tertiary/aromatic N) is 1. The fourth-order valence-corrected chi connectivity index (χ4v) is 3.11. The second-order valence-corrected chi connectivity index (χ2v) is 5.41. The summed E-state index contributed by atoms with van der Waals surface area (Å²) >= 11 is 0. The molecular formula is C12H23NO. The van der Waals surface area contributed by atoms with Crippen LogP contribution in [-0.2, 0) is 0 Å². The van der Waals surface area contributed by atoms with Crippen LogP contribution in [0.5, 0.6) is 0 Å². The lowest BCUT2D eigenvalue weighted by Crippen LogP contribution is -2.54. The Morgan fingerprint density at radius 2 is 1.93 bits per heavy atom. The highest BCUT2D eigenvalue weighted by atomic mass is 16.3. The second-order valence-electron chi connectivity index (χ2n) is 5.41. The van der Waals surface area contributed by atoms with Crippen molar-refractivity contribution in [3.63, 3.8) is 0 Å². The summed E-state index contributed by atoms with van der Waals surface area (Å²) in [7, 11) is 0. The number of rotatable bonds is 4. The SMILES string of the molecule is CC(O)CCCN1CC2(CCCC2)C1. The average molecular weight is 197 g/mol. The van der Waals surface area contributed by atoms with Gasteiger partial charge in [0.1, 0.15) is 0 Å². The first-order chi connectivity index (χ1) is 6.70. The van der Waals surface area contributed by atoms with Gasteiger partial charge in [0, 0.05) is 13.1 Å². The van der Waals surface area contributed by atoms with E-state index in [0.717, 1.165) is 18.3 Å². The molecule has 2 fully saturated rings. The molecule has 1 spiro atoms. The Morgan fingerprint density at radius 1 is 1.29 bits per heavy atom. The summed E-state index contributed by atoms with van der Waals surface area (Å²) in [6.07, 6.45) is 7.87. The molecule has 2 aliphatic rings. The zero-order chi connectivity index (χ0) is 10.0. The standard InChI is InChI=1S/C12H23NO/c1-11(14)5-4-8-13-9-12(10-13)6-2-3-7-12/h11,14H,2-10H2,1H3. The topological polar surface area (TPSA) is 23.5 Å². The largest absolute Gasteiger partial charge is 0.393 e. The zero-order valence-electron chi connectivity index (χ0n) is 9.34. The Morgan fingerprint density at radius 3 is 2.50 bits per heavy atom. The molecule has 0 bridgehead atoms. The van der Waals surface area contributed by atoms with Gasteiger partial charge in [0.05, 0.1) is 6.10 Å². The van der Waals surface area contributed by atoms with Crippen LogP contribution in [0, 0.1) is 5.41 Å². The van der Waals surface area contributed by atoms with Gasteiger partial charge in [0.2, 0.25) is 0 Å². The third-order valence-corrected chi connectivity index (χ3v) is 3.88. The Hall–Kier alpha value is -0.0800. The molecular weight excluding hydrogens is 174 g/mol. The van der Waals surface area contributed by atoms with Crippen molar-refractivity contribution in [1.29, 1.82) is 0 Å². The second kappa shape index (κ2) is 4.19. The van der Waals surface area contributed by atoms with E-state index in [4.69, 9.17) is 5.11 Å². The first-order valence-electron chi connectivity index (χ1n) is 6.11. The lowest BCUT2D eigenvalue weighted by molar-refractivity contribution is 0.00329. The number of aliphatic hydroxyl groups excluding tert-OH is 1. The van der Waals surface area contributed by atoms with E-state index in [2.05, 4.69) is 4.90 Å². The highest BCUT2D eigenvalue weighted by molar-refractivity contribution is 4.97. The van der Waals surface area contributed by atoms with Crippen molar-refractivity contribution in [2.75, 3.05) is 19.6 Å². The van der Waals surface area contributed by atoms with E-state index in [0.29, 0.717) is 0 Å². The van der Waals surface area contributed by atoms with Crippen LogP contribution >= 0.6 is 0 Å². The first-order valence-corrected chi connectivity index (χ1v) is 6.11. The molecule has 1 heterocycles. The number of hydrogen-bond acceptors (Lipinski definition) is 2. The minimum absolute atomic E-state index is 0.114. The summed E-state index contributed by atoms with van der Waals surface area (Å²) in [5.41, 5.74) is 0.741. The van der Waals surface area contributed by atoms with Crippen molar-refractivity contribution in [2.24, 2.45) is 5.41 Å². The molecule has 2 heteroatoms. The van der Waals surface area contributed by atoms with Gasteiger partial charge in [-0.1, -0.05) is 12.8 Å². The third kappa shape index (κ3) is 2.29. The fourth-order valence-electron chi connectivity index (χ4n) is 3.11. The van der Waals surface area contributed by atoms with Gasteiger partial charge in [-0.15, -0.1) is 0 Å². The summed E-state index contributed by atoms with van der Waals surface area (Å²) in [5.74, 6) is 0. The lowest BCUT2D eigenvalue weighted by atomic mass is 9.78. The molecule has 1 N–H and O–H groups in total. The van der Waals surface area contributed by atoms with E-state index in [1.807, 2.05) is 6.92 Å². The third-order valence-electron chi connectivity index (χ3n) is 3.88. The van der Waals surface area contributed by atoms with Gasteiger partial charge in [-0.25, -0.2) is 0 Å². The van der Waals surface area contributed by atoms with Crippen molar-refractivity contribution in [1.82, 2.24) is 4.90 Å². The van der Waals surface area contributed by atoms with Crippen LogP contribution in [0.2, 0.25) is 0 Å². The Bertz CT molecular complexity index is 177.